The maximum atomic E-state index is 5.50. The number of ether oxygens (including phenoxy) is 1. The van der Waals surface area contributed by atoms with Crippen molar-refractivity contribution >= 4 is 0 Å². The Hall–Kier alpha value is -0.160. The summed E-state index contributed by atoms with van der Waals surface area (Å²) in [4.78, 5) is 2.26. The SMILES string of the molecule is CN(N)CC1CN(C)CCO1. The Morgan fingerprint density at radius 3 is 3.00 bits per heavy atom. The molecule has 66 valence electrons. The Labute approximate surface area is 67.9 Å². The molecule has 1 rings (SSSR count). The van der Waals surface area contributed by atoms with E-state index in [0.29, 0.717) is 0 Å². The smallest absolute Gasteiger partial charge is 0.0842 e. The minimum Gasteiger partial charge on any atom is -0.374 e. The Morgan fingerprint density at radius 2 is 2.45 bits per heavy atom. The molecule has 0 aromatic rings. The summed E-state index contributed by atoms with van der Waals surface area (Å²) in [6.45, 7) is 3.66. The number of hydrogen-bond donors (Lipinski definition) is 1. The van der Waals surface area contributed by atoms with Gasteiger partial charge in [-0.15, -0.1) is 0 Å². The zero-order valence-corrected chi connectivity index (χ0v) is 7.29. The molecule has 1 aliphatic rings. The highest BCUT2D eigenvalue weighted by Crippen LogP contribution is 2.02. The van der Waals surface area contributed by atoms with Crippen molar-refractivity contribution < 1.29 is 4.74 Å². The van der Waals surface area contributed by atoms with E-state index in [1.54, 1.807) is 5.01 Å². The van der Waals surface area contributed by atoms with Crippen molar-refractivity contribution in [1.82, 2.24) is 9.91 Å². The number of hydrogen-bond acceptors (Lipinski definition) is 4. The summed E-state index contributed by atoms with van der Waals surface area (Å²) in [6, 6.07) is 0. The highest BCUT2D eigenvalue weighted by atomic mass is 16.5. The van der Waals surface area contributed by atoms with Crippen LogP contribution in [0.1, 0.15) is 0 Å². The van der Waals surface area contributed by atoms with Crippen LogP contribution < -0.4 is 5.84 Å². The molecule has 0 amide bonds. The van der Waals surface area contributed by atoms with E-state index in [1.165, 1.54) is 0 Å². The molecule has 1 atom stereocenters. The number of hydrazine groups is 1. The molecule has 0 spiro atoms. The van der Waals surface area contributed by atoms with Gasteiger partial charge in [0.25, 0.3) is 0 Å². The fraction of sp³-hybridized carbons (Fsp3) is 1.00. The summed E-state index contributed by atoms with van der Waals surface area (Å²) in [7, 11) is 3.96. The van der Waals surface area contributed by atoms with Gasteiger partial charge in [0.05, 0.1) is 12.7 Å². The van der Waals surface area contributed by atoms with Crippen LogP contribution in [0.2, 0.25) is 0 Å². The molecule has 1 fully saturated rings. The van der Waals surface area contributed by atoms with Gasteiger partial charge in [-0.1, -0.05) is 0 Å². The maximum absolute atomic E-state index is 5.50. The van der Waals surface area contributed by atoms with E-state index in [4.69, 9.17) is 10.6 Å². The highest BCUT2D eigenvalue weighted by Gasteiger charge is 2.17. The van der Waals surface area contributed by atoms with Gasteiger partial charge in [-0.2, -0.15) is 0 Å². The van der Waals surface area contributed by atoms with Crippen LogP contribution in [0.5, 0.6) is 0 Å². The number of nitrogens with zero attached hydrogens (tertiary/aromatic N) is 2. The molecule has 4 nitrogen and oxygen atoms in total. The summed E-state index contributed by atoms with van der Waals surface area (Å²) in [6.07, 6.45) is 0.281. The number of likely N-dealkylation sites (N-methyl/N-ethyl adjacent to an activating group) is 2. The first-order valence-corrected chi connectivity index (χ1v) is 3.94. The fourth-order valence-electron chi connectivity index (χ4n) is 1.30. The van der Waals surface area contributed by atoms with E-state index in [0.717, 1.165) is 26.2 Å². The summed E-state index contributed by atoms with van der Waals surface area (Å²) >= 11 is 0. The van der Waals surface area contributed by atoms with Crippen molar-refractivity contribution in [3.63, 3.8) is 0 Å². The highest BCUT2D eigenvalue weighted by molar-refractivity contribution is 4.69. The Kier molecular flexibility index (Phi) is 3.26. The first kappa shape index (κ1) is 8.93. The van der Waals surface area contributed by atoms with Crippen molar-refractivity contribution in [3.05, 3.63) is 0 Å². The molecule has 0 aromatic heterocycles. The van der Waals surface area contributed by atoms with Crippen molar-refractivity contribution in [2.75, 3.05) is 40.3 Å². The topological polar surface area (TPSA) is 41.7 Å². The van der Waals surface area contributed by atoms with E-state index < -0.39 is 0 Å². The van der Waals surface area contributed by atoms with Gasteiger partial charge in [0.2, 0.25) is 0 Å². The van der Waals surface area contributed by atoms with Crippen LogP contribution in [0.15, 0.2) is 0 Å². The molecule has 1 unspecified atom stereocenters. The molecule has 0 aromatic carbocycles. The average Bonchev–Trinajstić information content (AvgIpc) is 1.85. The van der Waals surface area contributed by atoms with Crippen LogP contribution in [0.3, 0.4) is 0 Å². The van der Waals surface area contributed by atoms with Crippen LogP contribution in [0, 0.1) is 0 Å². The lowest BCUT2D eigenvalue weighted by molar-refractivity contribution is -0.0325. The van der Waals surface area contributed by atoms with Gasteiger partial charge in [-0.05, 0) is 7.05 Å². The van der Waals surface area contributed by atoms with Crippen molar-refractivity contribution in [2.45, 2.75) is 6.10 Å². The molecule has 0 bridgehead atoms. The second kappa shape index (κ2) is 4.01. The normalized spacial score (nSPS) is 27.8. The van der Waals surface area contributed by atoms with Crippen molar-refractivity contribution in [2.24, 2.45) is 5.84 Å². The van der Waals surface area contributed by atoms with Crippen molar-refractivity contribution in [1.29, 1.82) is 0 Å². The Morgan fingerprint density at radius 1 is 1.73 bits per heavy atom. The molecule has 0 aliphatic carbocycles. The van der Waals surface area contributed by atoms with Gasteiger partial charge in [-0.25, -0.2) is 5.01 Å². The number of rotatable bonds is 2. The predicted molar refractivity (Wildman–Crippen MR) is 44.1 cm³/mol. The van der Waals surface area contributed by atoms with E-state index in [9.17, 15) is 0 Å². The zero-order chi connectivity index (χ0) is 8.27. The van der Waals surface area contributed by atoms with Crippen LogP contribution in [0.25, 0.3) is 0 Å². The number of nitrogens with two attached hydrogens (primary N) is 1. The lowest BCUT2D eigenvalue weighted by atomic mass is 10.3. The molecule has 1 heterocycles. The minimum absolute atomic E-state index is 0.281. The zero-order valence-electron chi connectivity index (χ0n) is 7.29. The van der Waals surface area contributed by atoms with Crippen LogP contribution >= 0.6 is 0 Å². The Bertz CT molecular complexity index is 116. The van der Waals surface area contributed by atoms with E-state index in [2.05, 4.69) is 11.9 Å². The van der Waals surface area contributed by atoms with E-state index >= 15 is 0 Å². The molecular weight excluding hydrogens is 142 g/mol. The molecule has 4 heteroatoms. The fourth-order valence-corrected chi connectivity index (χ4v) is 1.30. The third kappa shape index (κ3) is 3.16. The molecule has 2 N–H and O–H groups in total. The third-order valence-corrected chi connectivity index (χ3v) is 1.83. The van der Waals surface area contributed by atoms with Gasteiger partial charge in [0, 0.05) is 26.7 Å². The summed E-state index contributed by atoms with van der Waals surface area (Å²) < 4.78 is 5.50. The number of morpholine rings is 1. The third-order valence-electron chi connectivity index (χ3n) is 1.83. The van der Waals surface area contributed by atoms with Crippen molar-refractivity contribution in [3.8, 4) is 0 Å². The predicted octanol–water partition coefficient (Wildman–Crippen LogP) is -0.877. The second-order valence-corrected chi connectivity index (χ2v) is 3.19. The second-order valence-electron chi connectivity index (χ2n) is 3.19. The van der Waals surface area contributed by atoms with Crippen LogP contribution in [-0.2, 0) is 4.74 Å². The van der Waals surface area contributed by atoms with Gasteiger partial charge < -0.3 is 9.64 Å². The van der Waals surface area contributed by atoms with E-state index in [1.807, 2.05) is 7.05 Å². The molecule has 0 saturated carbocycles. The standard InChI is InChI=1S/C7H17N3O/c1-9-3-4-11-7(5-9)6-10(2)8/h7H,3-6,8H2,1-2H3. The molecule has 1 aliphatic heterocycles. The molecule has 1 saturated heterocycles. The molecule has 0 radical (unpaired) electrons. The van der Waals surface area contributed by atoms with Crippen LogP contribution in [0.4, 0.5) is 0 Å². The largest absolute Gasteiger partial charge is 0.374 e. The van der Waals surface area contributed by atoms with Gasteiger partial charge in [-0.3, -0.25) is 5.84 Å². The summed E-state index contributed by atoms with van der Waals surface area (Å²) in [5, 5.41) is 1.67. The lowest BCUT2D eigenvalue weighted by Crippen LogP contribution is -2.46. The van der Waals surface area contributed by atoms with Crippen LogP contribution in [-0.4, -0.2) is 56.3 Å². The minimum atomic E-state index is 0.281. The monoisotopic (exact) mass is 159 g/mol. The molecule has 11 heavy (non-hydrogen) atoms. The van der Waals surface area contributed by atoms with E-state index in [-0.39, 0.29) is 6.10 Å². The van der Waals surface area contributed by atoms with Gasteiger partial charge in [0.1, 0.15) is 0 Å². The molecular formula is C7H17N3O. The quantitative estimate of drug-likeness (QED) is 0.420. The Balaban J connectivity index is 2.23. The first-order chi connectivity index (χ1) is 5.18. The van der Waals surface area contributed by atoms with Gasteiger partial charge >= 0.3 is 0 Å². The average molecular weight is 159 g/mol. The summed E-state index contributed by atoms with van der Waals surface area (Å²) in [5.41, 5.74) is 0. The maximum Gasteiger partial charge on any atom is 0.0842 e. The van der Waals surface area contributed by atoms with Gasteiger partial charge in [0.15, 0.2) is 0 Å². The summed E-state index contributed by atoms with van der Waals surface area (Å²) in [5.74, 6) is 5.50. The lowest BCUT2D eigenvalue weighted by Gasteiger charge is -2.31. The first-order valence-electron chi connectivity index (χ1n) is 3.94.